The van der Waals surface area contributed by atoms with Crippen LogP contribution < -0.4 is 21.1 Å². The molecule has 1 saturated heterocycles. The van der Waals surface area contributed by atoms with Crippen LogP contribution in [0.2, 0.25) is 0 Å². The Balaban J connectivity index is 1.88. The summed E-state index contributed by atoms with van der Waals surface area (Å²) in [5, 5.41) is 8.82. The lowest BCUT2D eigenvalue weighted by molar-refractivity contribution is 0.748. The van der Waals surface area contributed by atoms with Crippen LogP contribution in [-0.4, -0.2) is 40.6 Å². The fourth-order valence-electron chi connectivity index (χ4n) is 2.61. The first-order chi connectivity index (χ1) is 10.3. The Kier molecular flexibility index (Phi) is 4.01. The molecule has 8 heteroatoms. The van der Waals surface area contributed by atoms with E-state index >= 15 is 0 Å². The van der Waals surface area contributed by atoms with Crippen LogP contribution in [0.15, 0.2) is 0 Å². The van der Waals surface area contributed by atoms with E-state index in [0.717, 1.165) is 38.8 Å². The highest BCUT2D eigenvalue weighted by Gasteiger charge is 2.31. The van der Waals surface area contributed by atoms with Crippen LogP contribution in [0.4, 0.5) is 17.8 Å². The van der Waals surface area contributed by atoms with Gasteiger partial charge >= 0.3 is 0 Å². The van der Waals surface area contributed by atoms with Crippen molar-refractivity contribution in [1.82, 2.24) is 15.0 Å². The van der Waals surface area contributed by atoms with E-state index in [1.54, 1.807) is 0 Å². The molecule has 1 saturated carbocycles. The van der Waals surface area contributed by atoms with Gasteiger partial charge in [0.25, 0.3) is 0 Å². The number of hydrazine groups is 1. The average Bonchev–Trinajstić information content (AvgIpc) is 3.20. The zero-order chi connectivity index (χ0) is 14.7. The predicted octanol–water partition coefficient (Wildman–Crippen LogP) is 0.640. The summed E-state index contributed by atoms with van der Waals surface area (Å²) in [6.07, 6.45) is 5.04. The number of aromatic nitrogens is 3. The number of nitriles is 1. The summed E-state index contributed by atoms with van der Waals surface area (Å²) in [6, 6.07) is 2.63. The molecule has 3 rings (SSSR count). The SMILES string of the molecule is N#CCCN(c1nc(NN)nc(N2CCCC2)n1)C1CC1. The van der Waals surface area contributed by atoms with Crippen LogP contribution in [0.5, 0.6) is 0 Å². The lowest BCUT2D eigenvalue weighted by Gasteiger charge is -2.23. The van der Waals surface area contributed by atoms with Gasteiger partial charge in [-0.2, -0.15) is 20.2 Å². The lowest BCUT2D eigenvalue weighted by atomic mass is 10.4. The molecule has 0 atom stereocenters. The van der Waals surface area contributed by atoms with Crippen molar-refractivity contribution in [2.45, 2.75) is 38.1 Å². The second-order valence-electron chi connectivity index (χ2n) is 5.43. The zero-order valence-electron chi connectivity index (χ0n) is 12.0. The van der Waals surface area contributed by atoms with E-state index in [1.807, 2.05) is 0 Å². The molecule has 8 nitrogen and oxygen atoms in total. The van der Waals surface area contributed by atoms with E-state index in [1.165, 1.54) is 0 Å². The van der Waals surface area contributed by atoms with E-state index in [0.29, 0.717) is 36.9 Å². The van der Waals surface area contributed by atoms with Crippen molar-refractivity contribution < 1.29 is 0 Å². The molecule has 2 fully saturated rings. The third-order valence-corrected chi connectivity index (χ3v) is 3.84. The maximum atomic E-state index is 8.82. The van der Waals surface area contributed by atoms with Gasteiger partial charge in [-0.15, -0.1) is 0 Å². The summed E-state index contributed by atoms with van der Waals surface area (Å²) in [7, 11) is 0. The van der Waals surface area contributed by atoms with E-state index in [-0.39, 0.29) is 0 Å². The lowest BCUT2D eigenvalue weighted by Crippen LogP contribution is -2.31. The van der Waals surface area contributed by atoms with Gasteiger partial charge in [-0.05, 0) is 25.7 Å². The predicted molar refractivity (Wildman–Crippen MR) is 79.7 cm³/mol. The normalized spacial score (nSPS) is 17.6. The molecule has 0 spiro atoms. The third kappa shape index (κ3) is 3.13. The molecule has 0 radical (unpaired) electrons. The van der Waals surface area contributed by atoms with E-state index in [2.05, 4.69) is 36.2 Å². The number of nitrogen functional groups attached to an aromatic ring is 1. The molecular weight excluding hydrogens is 268 g/mol. The molecule has 21 heavy (non-hydrogen) atoms. The molecule has 0 aromatic carbocycles. The summed E-state index contributed by atoms with van der Waals surface area (Å²) in [5.41, 5.74) is 2.52. The van der Waals surface area contributed by atoms with E-state index < -0.39 is 0 Å². The van der Waals surface area contributed by atoms with Crippen molar-refractivity contribution in [2.24, 2.45) is 5.84 Å². The van der Waals surface area contributed by atoms with Crippen LogP contribution in [-0.2, 0) is 0 Å². The Labute approximate surface area is 124 Å². The van der Waals surface area contributed by atoms with Crippen LogP contribution in [0.3, 0.4) is 0 Å². The van der Waals surface area contributed by atoms with Gasteiger partial charge in [0.2, 0.25) is 17.8 Å². The van der Waals surface area contributed by atoms with Gasteiger partial charge in [0.1, 0.15) is 0 Å². The van der Waals surface area contributed by atoms with Gasteiger partial charge in [-0.1, -0.05) is 0 Å². The monoisotopic (exact) mass is 288 g/mol. The summed E-state index contributed by atoms with van der Waals surface area (Å²) >= 11 is 0. The highest BCUT2D eigenvalue weighted by molar-refractivity contribution is 5.46. The minimum Gasteiger partial charge on any atom is -0.341 e. The summed E-state index contributed by atoms with van der Waals surface area (Å²) in [4.78, 5) is 17.6. The Hall–Kier alpha value is -2.14. The number of anilines is 3. The first-order valence-electron chi connectivity index (χ1n) is 7.43. The van der Waals surface area contributed by atoms with E-state index in [9.17, 15) is 0 Å². The van der Waals surface area contributed by atoms with Crippen molar-refractivity contribution in [3.63, 3.8) is 0 Å². The minimum atomic E-state index is 0.379. The maximum Gasteiger partial charge on any atom is 0.243 e. The third-order valence-electron chi connectivity index (χ3n) is 3.84. The molecule has 0 amide bonds. The second-order valence-corrected chi connectivity index (χ2v) is 5.43. The number of rotatable bonds is 6. The molecule has 1 aliphatic heterocycles. The number of nitrogens with two attached hydrogens (primary N) is 1. The number of nitrogens with zero attached hydrogens (tertiary/aromatic N) is 6. The Morgan fingerprint density at radius 2 is 2.05 bits per heavy atom. The van der Waals surface area contributed by atoms with Gasteiger partial charge in [-0.25, -0.2) is 5.84 Å². The van der Waals surface area contributed by atoms with Gasteiger partial charge in [0, 0.05) is 25.7 Å². The van der Waals surface area contributed by atoms with Crippen LogP contribution >= 0.6 is 0 Å². The van der Waals surface area contributed by atoms with Gasteiger partial charge in [-0.3, -0.25) is 5.43 Å². The zero-order valence-corrected chi connectivity index (χ0v) is 12.0. The summed E-state index contributed by atoms with van der Waals surface area (Å²) in [5.74, 6) is 7.16. The molecule has 2 aliphatic rings. The fourth-order valence-corrected chi connectivity index (χ4v) is 2.61. The Morgan fingerprint density at radius 3 is 2.67 bits per heavy atom. The van der Waals surface area contributed by atoms with Gasteiger partial charge in [0.15, 0.2) is 0 Å². The first-order valence-corrected chi connectivity index (χ1v) is 7.43. The van der Waals surface area contributed by atoms with Crippen molar-refractivity contribution in [2.75, 3.05) is 34.9 Å². The molecule has 112 valence electrons. The van der Waals surface area contributed by atoms with Crippen LogP contribution in [0, 0.1) is 11.3 Å². The molecular formula is C13H20N8. The highest BCUT2D eigenvalue weighted by atomic mass is 15.4. The average molecular weight is 288 g/mol. The molecule has 0 unspecified atom stereocenters. The van der Waals surface area contributed by atoms with Crippen molar-refractivity contribution in [1.29, 1.82) is 5.26 Å². The van der Waals surface area contributed by atoms with Gasteiger partial charge < -0.3 is 9.80 Å². The molecule has 2 heterocycles. The fraction of sp³-hybridized carbons (Fsp3) is 0.692. The topological polar surface area (TPSA) is 107 Å². The number of hydrogen-bond donors (Lipinski definition) is 2. The van der Waals surface area contributed by atoms with Crippen LogP contribution in [0.25, 0.3) is 0 Å². The first kappa shape index (κ1) is 13.8. The van der Waals surface area contributed by atoms with Crippen molar-refractivity contribution in [3.8, 4) is 6.07 Å². The molecule has 1 aromatic heterocycles. The number of nitrogens with one attached hydrogen (secondary N) is 1. The van der Waals surface area contributed by atoms with Crippen LogP contribution in [0.1, 0.15) is 32.1 Å². The second kappa shape index (κ2) is 6.10. The minimum absolute atomic E-state index is 0.379. The van der Waals surface area contributed by atoms with Crippen molar-refractivity contribution in [3.05, 3.63) is 0 Å². The number of hydrogen-bond acceptors (Lipinski definition) is 8. The molecule has 1 aliphatic carbocycles. The van der Waals surface area contributed by atoms with Crippen molar-refractivity contribution >= 4 is 17.8 Å². The Morgan fingerprint density at radius 1 is 1.29 bits per heavy atom. The standard InChI is InChI=1S/C13H20N8/c14-6-3-9-21(10-4-5-10)13-17-11(19-15)16-12(18-13)20-7-1-2-8-20/h10H,1-5,7-9,15H2,(H,16,17,18,19). The molecule has 1 aromatic rings. The van der Waals surface area contributed by atoms with Gasteiger partial charge in [0.05, 0.1) is 12.5 Å². The molecule has 3 N–H and O–H groups in total. The summed E-state index contributed by atoms with van der Waals surface area (Å²) in [6.45, 7) is 2.58. The molecule has 0 bridgehead atoms. The van der Waals surface area contributed by atoms with E-state index in [4.69, 9.17) is 11.1 Å². The largest absolute Gasteiger partial charge is 0.341 e. The highest BCUT2D eigenvalue weighted by Crippen LogP contribution is 2.31. The smallest absolute Gasteiger partial charge is 0.243 e. The Bertz CT molecular complexity index is 529. The summed E-state index contributed by atoms with van der Waals surface area (Å²) < 4.78 is 0. The quantitative estimate of drug-likeness (QED) is 0.580. The maximum absolute atomic E-state index is 8.82.